The second-order valence-electron chi connectivity index (χ2n) is 14.7. The molecule has 0 aliphatic carbocycles. The first kappa shape index (κ1) is 47.8. The summed E-state index contributed by atoms with van der Waals surface area (Å²) in [5, 5.41) is 0. The highest BCUT2D eigenvalue weighted by molar-refractivity contribution is 7.45. The fraction of sp³-hybridized carbons (Fsp3) is 0.897. The van der Waals surface area contributed by atoms with Crippen molar-refractivity contribution in [2.75, 3.05) is 47.5 Å². The van der Waals surface area contributed by atoms with Crippen molar-refractivity contribution in [2.45, 2.75) is 180 Å². The van der Waals surface area contributed by atoms with Gasteiger partial charge in [0.25, 0.3) is 7.82 Å². The Morgan fingerprint density at radius 2 is 1.04 bits per heavy atom. The van der Waals surface area contributed by atoms with Crippen molar-refractivity contribution in [2.24, 2.45) is 0 Å². The Labute approximate surface area is 301 Å². The molecule has 0 aliphatic heterocycles. The minimum absolute atomic E-state index is 0.0293. The Morgan fingerprint density at radius 3 is 1.53 bits per heavy atom. The summed E-state index contributed by atoms with van der Waals surface area (Å²) in [6, 6.07) is 0. The van der Waals surface area contributed by atoms with Gasteiger partial charge in [0.15, 0.2) is 6.10 Å². The molecule has 0 saturated carbocycles. The minimum Gasteiger partial charge on any atom is -0.756 e. The third-order valence-electron chi connectivity index (χ3n) is 8.54. The Balaban J connectivity index is 4.42. The summed E-state index contributed by atoms with van der Waals surface area (Å²) in [7, 11) is 1.17. The molecule has 0 saturated heterocycles. The maximum absolute atomic E-state index is 12.6. The van der Waals surface area contributed by atoms with Crippen LogP contribution in [0.15, 0.2) is 12.2 Å². The molecular weight excluding hydrogens is 641 g/mol. The zero-order chi connectivity index (χ0) is 36.5. The molecule has 0 heterocycles. The van der Waals surface area contributed by atoms with Gasteiger partial charge in [-0.15, -0.1) is 0 Å². The second-order valence-corrected chi connectivity index (χ2v) is 16.1. The molecule has 0 bridgehead atoms. The number of rotatable bonds is 36. The summed E-state index contributed by atoms with van der Waals surface area (Å²) in [6.45, 7) is 4.19. The number of quaternary nitrogens is 1. The van der Waals surface area contributed by atoms with Gasteiger partial charge in [0.1, 0.15) is 19.8 Å². The SMILES string of the molecule is CCCCCC/C=C\CCCCCCCC(=O)OC[C@H](COP(=O)([O-])OCC[N+](C)(C)C)OC(=O)CCCCCCCCCCCCCC. The van der Waals surface area contributed by atoms with Gasteiger partial charge < -0.3 is 27.9 Å². The molecule has 10 heteroatoms. The maximum Gasteiger partial charge on any atom is 0.306 e. The zero-order valence-electron chi connectivity index (χ0n) is 32.4. The highest BCUT2D eigenvalue weighted by atomic mass is 31.2. The van der Waals surface area contributed by atoms with E-state index in [0.29, 0.717) is 17.4 Å². The number of phosphoric acid groups is 1. The van der Waals surface area contributed by atoms with E-state index in [-0.39, 0.29) is 26.1 Å². The molecule has 0 fully saturated rings. The first-order chi connectivity index (χ1) is 23.5. The molecule has 9 nitrogen and oxygen atoms in total. The van der Waals surface area contributed by atoms with Gasteiger partial charge in [-0.05, 0) is 38.5 Å². The van der Waals surface area contributed by atoms with E-state index in [2.05, 4.69) is 26.0 Å². The van der Waals surface area contributed by atoms with E-state index in [4.69, 9.17) is 18.5 Å². The Morgan fingerprint density at radius 1 is 0.612 bits per heavy atom. The van der Waals surface area contributed by atoms with Crippen LogP contribution in [0.1, 0.15) is 174 Å². The summed E-state index contributed by atoms with van der Waals surface area (Å²) in [4.78, 5) is 37.3. The van der Waals surface area contributed by atoms with E-state index in [9.17, 15) is 19.0 Å². The van der Waals surface area contributed by atoms with Gasteiger partial charge in [-0.2, -0.15) is 0 Å². The van der Waals surface area contributed by atoms with Crippen LogP contribution in [0.25, 0.3) is 0 Å². The van der Waals surface area contributed by atoms with Gasteiger partial charge in [0.2, 0.25) is 0 Å². The number of carbonyl (C=O) groups excluding carboxylic acids is 2. The van der Waals surface area contributed by atoms with Gasteiger partial charge in [-0.1, -0.05) is 135 Å². The molecule has 0 aromatic rings. The highest BCUT2D eigenvalue weighted by Gasteiger charge is 2.21. The summed E-state index contributed by atoms with van der Waals surface area (Å²) in [6.07, 6.45) is 30.9. The van der Waals surface area contributed by atoms with E-state index in [1.54, 1.807) is 0 Å². The smallest absolute Gasteiger partial charge is 0.306 e. The van der Waals surface area contributed by atoms with Crippen LogP contribution in [0.5, 0.6) is 0 Å². The highest BCUT2D eigenvalue weighted by Crippen LogP contribution is 2.38. The van der Waals surface area contributed by atoms with Crippen molar-refractivity contribution in [3.8, 4) is 0 Å². The molecule has 0 aromatic heterocycles. The molecule has 49 heavy (non-hydrogen) atoms. The number of ether oxygens (including phenoxy) is 2. The van der Waals surface area contributed by atoms with Crippen LogP contribution in [0.3, 0.4) is 0 Å². The van der Waals surface area contributed by atoms with Crippen molar-refractivity contribution in [1.82, 2.24) is 0 Å². The number of likely N-dealkylation sites (N-methyl/N-ethyl adjacent to an activating group) is 1. The monoisotopic (exact) mass is 718 g/mol. The van der Waals surface area contributed by atoms with Crippen LogP contribution in [0, 0.1) is 0 Å². The fourth-order valence-corrected chi connectivity index (χ4v) is 6.08. The summed E-state index contributed by atoms with van der Waals surface area (Å²) < 4.78 is 33.8. The standard InChI is InChI=1S/C39H76NO8P/c1-6-8-10-12-14-16-18-20-22-23-25-27-29-31-38(41)45-35-37(36-47-49(43,44)46-34-33-40(3,4)5)48-39(42)32-30-28-26-24-21-19-17-15-13-11-9-7-2/h16,18,37H,6-15,17,19-36H2,1-5H3/b18-16-/t37-/m1/s1. The molecule has 0 amide bonds. The van der Waals surface area contributed by atoms with Gasteiger partial charge in [0.05, 0.1) is 27.7 Å². The van der Waals surface area contributed by atoms with Gasteiger partial charge >= 0.3 is 11.9 Å². The first-order valence-corrected chi connectivity index (χ1v) is 21.4. The lowest BCUT2D eigenvalue weighted by atomic mass is 10.0. The second kappa shape index (κ2) is 32.6. The largest absolute Gasteiger partial charge is 0.756 e. The topological polar surface area (TPSA) is 111 Å². The number of unbranched alkanes of at least 4 members (excludes halogenated alkanes) is 20. The van der Waals surface area contributed by atoms with Crippen LogP contribution in [-0.4, -0.2) is 70.0 Å². The van der Waals surface area contributed by atoms with Crippen LogP contribution < -0.4 is 4.89 Å². The molecule has 2 atom stereocenters. The Hall–Kier alpha value is -1.25. The number of nitrogens with zero attached hydrogens (tertiary/aromatic N) is 1. The number of carbonyl (C=O) groups is 2. The summed E-state index contributed by atoms with van der Waals surface area (Å²) in [5.74, 6) is -0.840. The maximum atomic E-state index is 12.6. The lowest BCUT2D eigenvalue weighted by molar-refractivity contribution is -0.870. The predicted molar refractivity (Wildman–Crippen MR) is 199 cm³/mol. The van der Waals surface area contributed by atoms with Crippen LogP contribution in [0.4, 0.5) is 0 Å². The molecule has 0 radical (unpaired) electrons. The number of esters is 2. The predicted octanol–water partition coefficient (Wildman–Crippen LogP) is 10.00. The van der Waals surface area contributed by atoms with E-state index < -0.39 is 32.5 Å². The normalized spacial score (nSPS) is 13.8. The van der Waals surface area contributed by atoms with E-state index in [1.165, 1.54) is 89.9 Å². The van der Waals surface area contributed by atoms with Crippen molar-refractivity contribution in [1.29, 1.82) is 0 Å². The van der Waals surface area contributed by atoms with E-state index in [1.807, 2.05) is 21.1 Å². The van der Waals surface area contributed by atoms with E-state index in [0.717, 1.165) is 51.4 Å². The summed E-state index contributed by atoms with van der Waals surface area (Å²) >= 11 is 0. The lowest BCUT2D eigenvalue weighted by Crippen LogP contribution is -2.37. The van der Waals surface area contributed by atoms with Gasteiger partial charge in [0, 0.05) is 12.8 Å². The fourth-order valence-electron chi connectivity index (χ4n) is 5.35. The molecule has 0 N–H and O–H groups in total. The molecule has 0 spiro atoms. The Kier molecular flexibility index (Phi) is 31.8. The van der Waals surface area contributed by atoms with Crippen LogP contribution >= 0.6 is 7.82 Å². The van der Waals surface area contributed by atoms with Crippen molar-refractivity contribution in [3.05, 3.63) is 12.2 Å². The third kappa shape index (κ3) is 36.3. The van der Waals surface area contributed by atoms with Crippen LogP contribution in [0.2, 0.25) is 0 Å². The van der Waals surface area contributed by atoms with Crippen LogP contribution in [-0.2, 0) is 32.7 Å². The number of hydrogen-bond acceptors (Lipinski definition) is 8. The quantitative estimate of drug-likeness (QED) is 0.0207. The molecule has 1 unspecified atom stereocenters. The summed E-state index contributed by atoms with van der Waals surface area (Å²) in [5.41, 5.74) is 0. The molecule has 0 rings (SSSR count). The molecule has 0 aromatic carbocycles. The average Bonchev–Trinajstić information content (AvgIpc) is 3.04. The number of allylic oxidation sites excluding steroid dienone is 2. The number of phosphoric ester groups is 1. The van der Waals surface area contributed by atoms with Gasteiger partial charge in [-0.3, -0.25) is 14.2 Å². The van der Waals surface area contributed by atoms with E-state index >= 15 is 0 Å². The Bertz CT molecular complexity index is 860. The first-order valence-electron chi connectivity index (χ1n) is 19.9. The molecule has 290 valence electrons. The van der Waals surface area contributed by atoms with Crippen molar-refractivity contribution < 1.29 is 42.1 Å². The average molecular weight is 718 g/mol. The number of hydrogen-bond donors (Lipinski definition) is 0. The lowest BCUT2D eigenvalue weighted by Gasteiger charge is -2.28. The van der Waals surface area contributed by atoms with Gasteiger partial charge in [-0.25, -0.2) is 0 Å². The third-order valence-corrected chi connectivity index (χ3v) is 9.50. The molecule has 0 aliphatic rings. The van der Waals surface area contributed by atoms with Crippen molar-refractivity contribution >= 4 is 19.8 Å². The minimum atomic E-state index is -4.61. The zero-order valence-corrected chi connectivity index (χ0v) is 33.3. The van der Waals surface area contributed by atoms with Crippen molar-refractivity contribution in [3.63, 3.8) is 0 Å². The molecular formula is C39H76NO8P.